The van der Waals surface area contributed by atoms with Crippen LogP contribution < -0.4 is 10.1 Å². The second-order valence-electron chi connectivity index (χ2n) is 5.07. The Balaban J connectivity index is 1.86. The van der Waals surface area contributed by atoms with Crippen molar-refractivity contribution >= 4 is 23.2 Å². The van der Waals surface area contributed by atoms with E-state index in [1.165, 1.54) is 11.3 Å². The maximum atomic E-state index is 11.9. The number of carbonyl (C=O) groups is 2. The molecule has 0 aliphatic carbocycles. The molecule has 5 nitrogen and oxygen atoms in total. The molecule has 6 heteroatoms. The number of ether oxygens (including phenoxy) is 2. The number of amides is 1. The molecular weight excluding hydrogens is 314 g/mol. The van der Waals surface area contributed by atoms with E-state index < -0.39 is 5.97 Å². The van der Waals surface area contributed by atoms with Gasteiger partial charge in [-0.2, -0.15) is 0 Å². The van der Waals surface area contributed by atoms with Gasteiger partial charge < -0.3 is 14.8 Å². The van der Waals surface area contributed by atoms with Gasteiger partial charge in [0, 0.05) is 0 Å². The van der Waals surface area contributed by atoms with Gasteiger partial charge in [-0.1, -0.05) is 12.1 Å². The summed E-state index contributed by atoms with van der Waals surface area (Å²) in [6.07, 6.45) is 0. The summed E-state index contributed by atoms with van der Waals surface area (Å²) in [7, 11) is 1.59. The summed E-state index contributed by atoms with van der Waals surface area (Å²) >= 11 is 1.30. The van der Waals surface area contributed by atoms with Gasteiger partial charge in [0.15, 0.2) is 6.61 Å². The highest BCUT2D eigenvalue weighted by molar-refractivity contribution is 7.12. The molecule has 2 rings (SSSR count). The van der Waals surface area contributed by atoms with Crippen molar-refractivity contribution in [3.05, 3.63) is 51.7 Å². The minimum Gasteiger partial charge on any atom is -0.497 e. The average Bonchev–Trinajstić information content (AvgIpc) is 2.98. The molecular formula is C17H19NO4S. The Morgan fingerprint density at radius 1 is 1.30 bits per heavy atom. The van der Waals surface area contributed by atoms with E-state index in [0.29, 0.717) is 4.88 Å². The van der Waals surface area contributed by atoms with Gasteiger partial charge in [0.2, 0.25) is 0 Å². The first-order valence-electron chi connectivity index (χ1n) is 7.15. The van der Waals surface area contributed by atoms with E-state index in [-0.39, 0.29) is 18.6 Å². The van der Waals surface area contributed by atoms with Crippen LogP contribution in [0.4, 0.5) is 0 Å². The number of carbonyl (C=O) groups excluding carboxylic acids is 2. The van der Waals surface area contributed by atoms with Gasteiger partial charge in [-0.25, -0.2) is 4.79 Å². The quantitative estimate of drug-likeness (QED) is 0.825. The van der Waals surface area contributed by atoms with Crippen molar-refractivity contribution in [3.8, 4) is 5.75 Å². The number of aryl methyl sites for hydroxylation is 1. The van der Waals surface area contributed by atoms with E-state index in [9.17, 15) is 9.59 Å². The maximum Gasteiger partial charge on any atom is 0.349 e. The lowest BCUT2D eigenvalue weighted by Crippen LogP contribution is -2.31. The minimum atomic E-state index is -0.471. The number of methoxy groups -OCH3 is 1. The lowest BCUT2D eigenvalue weighted by atomic mass is 10.1. The predicted molar refractivity (Wildman–Crippen MR) is 88.9 cm³/mol. The van der Waals surface area contributed by atoms with Crippen molar-refractivity contribution in [3.63, 3.8) is 0 Å². The molecule has 0 fully saturated rings. The van der Waals surface area contributed by atoms with Crippen molar-refractivity contribution in [1.82, 2.24) is 5.32 Å². The van der Waals surface area contributed by atoms with Crippen LogP contribution in [0.2, 0.25) is 0 Å². The predicted octanol–water partition coefficient (Wildman–Crippen LogP) is 3.10. The molecule has 1 aromatic carbocycles. The molecule has 1 unspecified atom stereocenters. The van der Waals surface area contributed by atoms with Crippen molar-refractivity contribution in [2.24, 2.45) is 0 Å². The standard InChI is InChI=1S/C17H19NO4S/c1-11-7-8-23-16(11)17(20)22-10-15(19)18-12(2)13-5-4-6-14(9-13)21-3/h4-9,12H,10H2,1-3H3,(H,18,19). The maximum absolute atomic E-state index is 11.9. The number of benzene rings is 1. The number of thiophene rings is 1. The normalized spacial score (nSPS) is 11.6. The second-order valence-corrected chi connectivity index (χ2v) is 5.99. The van der Waals surface area contributed by atoms with E-state index in [0.717, 1.165) is 16.9 Å². The summed E-state index contributed by atoms with van der Waals surface area (Å²) in [5.41, 5.74) is 1.77. The van der Waals surface area contributed by atoms with Crippen LogP contribution in [0, 0.1) is 6.92 Å². The molecule has 0 spiro atoms. The Morgan fingerprint density at radius 3 is 2.74 bits per heavy atom. The monoisotopic (exact) mass is 333 g/mol. The highest BCUT2D eigenvalue weighted by atomic mass is 32.1. The van der Waals surface area contributed by atoms with Gasteiger partial charge in [-0.3, -0.25) is 4.79 Å². The molecule has 1 heterocycles. The van der Waals surface area contributed by atoms with Gasteiger partial charge in [0.05, 0.1) is 13.2 Å². The van der Waals surface area contributed by atoms with Gasteiger partial charge in [0.25, 0.3) is 5.91 Å². The third-order valence-corrected chi connectivity index (χ3v) is 4.35. The smallest absolute Gasteiger partial charge is 0.349 e. The third kappa shape index (κ3) is 4.56. The van der Waals surface area contributed by atoms with Crippen molar-refractivity contribution < 1.29 is 19.1 Å². The number of esters is 1. The van der Waals surface area contributed by atoms with E-state index >= 15 is 0 Å². The first-order valence-corrected chi connectivity index (χ1v) is 8.03. The van der Waals surface area contributed by atoms with Crippen LogP contribution in [0.25, 0.3) is 0 Å². The first-order chi connectivity index (χ1) is 11.0. The lowest BCUT2D eigenvalue weighted by Gasteiger charge is -2.15. The highest BCUT2D eigenvalue weighted by Crippen LogP contribution is 2.19. The van der Waals surface area contributed by atoms with Crippen LogP contribution in [0.3, 0.4) is 0 Å². The van der Waals surface area contributed by atoms with Crippen molar-refractivity contribution in [1.29, 1.82) is 0 Å². The molecule has 1 aromatic heterocycles. The zero-order valence-electron chi connectivity index (χ0n) is 13.3. The fourth-order valence-electron chi connectivity index (χ4n) is 2.06. The topological polar surface area (TPSA) is 64.6 Å². The number of hydrogen-bond acceptors (Lipinski definition) is 5. The number of rotatable bonds is 6. The Kier molecular flexibility index (Phi) is 5.76. The zero-order chi connectivity index (χ0) is 16.8. The summed E-state index contributed by atoms with van der Waals surface area (Å²) in [6, 6.07) is 9.08. The molecule has 1 atom stereocenters. The van der Waals surface area contributed by atoms with Gasteiger partial charge in [-0.15, -0.1) is 11.3 Å². The highest BCUT2D eigenvalue weighted by Gasteiger charge is 2.15. The summed E-state index contributed by atoms with van der Waals surface area (Å²) in [4.78, 5) is 24.3. The van der Waals surface area contributed by atoms with E-state index in [1.54, 1.807) is 7.11 Å². The Hall–Kier alpha value is -2.34. The van der Waals surface area contributed by atoms with Gasteiger partial charge >= 0.3 is 5.97 Å². The van der Waals surface area contributed by atoms with Crippen LogP contribution in [0.15, 0.2) is 35.7 Å². The fraction of sp³-hybridized carbons (Fsp3) is 0.294. The van der Waals surface area contributed by atoms with Crippen molar-refractivity contribution in [2.45, 2.75) is 19.9 Å². The molecule has 0 radical (unpaired) electrons. The van der Waals surface area contributed by atoms with Gasteiger partial charge in [0.1, 0.15) is 10.6 Å². The molecule has 0 aliphatic heterocycles. The largest absolute Gasteiger partial charge is 0.497 e. The van der Waals surface area contributed by atoms with Crippen LogP contribution >= 0.6 is 11.3 Å². The second kappa shape index (κ2) is 7.78. The molecule has 0 saturated carbocycles. The van der Waals surface area contributed by atoms with Crippen LogP contribution in [-0.2, 0) is 9.53 Å². The van der Waals surface area contributed by atoms with Gasteiger partial charge in [-0.05, 0) is 48.6 Å². The molecule has 122 valence electrons. The summed E-state index contributed by atoms with van der Waals surface area (Å²) in [6.45, 7) is 3.39. The molecule has 0 saturated heterocycles. The van der Waals surface area contributed by atoms with Crippen LogP contribution in [0.1, 0.15) is 33.8 Å². The molecule has 1 N–H and O–H groups in total. The zero-order valence-corrected chi connectivity index (χ0v) is 14.1. The van der Waals surface area contributed by atoms with E-state index in [4.69, 9.17) is 9.47 Å². The molecule has 23 heavy (non-hydrogen) atoms. The average molecular weight is 333 g/mol. The van der Waals surface area contributed by atoms with Crippen LogP contribution in [-0.4, -0.2) is 25.6 Å². The summed E-state index contributed by atoms with van der Waals surface area (Å²) in [5, 5.41) is 4.61. The Morgan fingerprint density at radius 2 is 2.09 bits per heavy atom. The summed E-state index contributed by atoms with van der Waals surface area (Å²) < 4.78 is 10.2. The third-order valence-electron chi connectivity index (χ3n) is 3.35. The lowest BCUT2D eigenvalue weighted by molar-refractivity contribution is -0.124. The number of hydrogen-bond donors (Lipinski definition) is 1. The van der Waals surface area contributed by atoms with Crippen LogP contribution in [0.5, 0.6) is 5.75 Å². The molecule has 2 aromatic rings. The summed E-state index contributed by atoms with van der Waals surface area (Å²) in [5.74, 6) is -0.0900. The number of nitrogens with one attached hydrogen (secondary N) is 1. The van der Waals surface area contributed by atoms with Crippen molar-refractivity contribution in [2.75, 3.05) is 13.7 Å². The Labute approximate surface area is 139 Å². The molecule has 0 bridgehead atoms. The SMILES string of the molecule is COc1cccc(C(C)NC(=O)COC(=O)c2sccc2C)c1. The molecule has 0 aliphatic rings. The molecule has 1 amide bonds. The fourth-order valence-corrected chi connectivity index (χ4v) is 2.87. The minimum absolute atomic E-state index is 0.209. The van der Waals surface area contributed by atoms with E-state index in [1.807, 2.05) is 49.6 Å². The van der Waals surface area contributed by atoms with E-state index in [2.05, 4.69) is 5.32 Å². The first kappa shape index (κ1) is 17.0. The Bertz CT molecular complexity index is 695.